The lowest BCUT2D eigenvalue weighted by Crippen LogP contribution is -2.30. The molecule has 0 saturated carbocycles. The quantitative estimate of drug-likeness (QED) is 0.463. The zero-order chi connectivity index (χ0) is 25.2. The summed E-state index contributed by atoms with van der Waals surface area (Å²) in [6, 6.07) is 14.5. The van der Waals surface area contributed by atoms with E-state index in [0.29, 0.717) is 29.7 Å². The summed E-state index contributed by atoms with van der Waals surface area (Å²) in [5.74, 6) is 0.335. The number of aromatic nitrogens is 1. The highest BCUT2D eigenvalue weighted by Crippen LogP contribution is 2.28. The Morgan fingerprint density at radius 1 is 1.06 bits per heavy atom. The Labute approximate surface area is 211 Å². The average Bonchev–Trinajstić information content (AvgIpc) is 3.52. The van der Waals surface area contributed by atoms with Gasteiger partial charge in [0, 0.05) is 24.0 Å². The average molecular weight is 514 g/mol. The van der Waals surface area contributed by atoms with Gasteiger partial charge >= 0.3 is 0 Å². The van der Waals surface area contributed by atoms with E-state index in [1.165, 1.54) is 21.2 Å². The van der Waals surface area contributed by atoms with Crippen LogP contribution in [0.5, 0.6) is 5.75 Å². The number of sulfonamides is 1. The molecule has 0 aliphatic carbocycles. The number of thiazole rings is 1. The predicted molar refractivity (Wildman–Crippen MR) is 139 cm³/mol. The van der Waals surface area contributed by atoms with Gasteiger partial charge in [-0.15, -0.1) is 11.3 Å². The van der Waals surface area contributed by atoms with E-state index in [2.05, 4.69) is 31.1 Å². The highest BCUT2D eigenvalue weighted by Gasteiger charge is 2.27. The highest BCUT2D eigenvalue weighted by molar-refractivity contribution is 7.89. The molecule has 4 rings (SSSR count). The molecule has 1 aromatic heterocycles. The lowest BCUT2D eigenvalue weighted by molar-refractivity contribution is -0.122. The zero-order valence-corrected chi connectivity index (χ0v) is 22.1. The Balaban J connectivity index is 1.37. The van der Waals surface area contributed by atoms with E-state index in [0.717, 1.165) is 18.4 Å². The van der Waals surface area contributed by atoms with Gasteiger partial charge in [0.25, 0.3) is 5.91 Å². The largest absolute Gasteiger partial charge is 0.481 e. The molecule has 1 amide bonds. The van der Waals surface area contributed by atoms with E-state index in [-0.39, 0.29) is 16.2 Å². The number of hydrogen-bond acceptors (Lipinski definition) is 6. The zero-order valence-electron chi connectivity index (χ0n) is 20.4. The standard InChI is InChI=1S/C26H31N3O4S2/c1-18(33-21-11-9-20(10-12-21)26(2,3)4)24(30)28-25-27-23(17-34-25)19-7-13-22(14-8-19)35(31,32)29-15-5-6-16-29/h7-14,17-18H,5-6,15-16H2,1-4H3,(H,27,28,30). The fourth-order valence-electron chi connectivity index (χ4n) is 3.84. The molecule has 0 spiro atoms. The van der Waals surface area contributed by atoms with Gasteiger partial charge < -0.3 is 4.74 Å². The summed E-state index contributed by atoms with van der Waals surface area (Å²) < 4.78 is 32.8. The number of nitrogens with zero attached hydrogens (tertiary/aromatic N) is 2. The summed E-state index contributed by atoms with van der Waals surface area (Å²) in [7, 11) is -3.45. The molecule has 1 saturated heterocycles. The predicted octanol–water partition coefficient (Wildman–Crippen LogP) is 5.30. The molecule has 35 heavy (non-hydrogen) atoms. The maximum Gasteiger partial charge on any atom is 0.266 e. The molecule has 2 heterocycles. The Bertz CT molecular complexity index is 1270. The van der Waals surface area contributed by atoms with Crippen LogP contribution in [0.3, 0.4) is 0 Å². The first kappa shape index (κ1) is 25.3. The number of hydrogen-bond donors (Lipinski definition) is 1. The van der Waals surface area contributed by atoms with E-state index in [1.54, 1.807) is 31.2 Å². The molecule has 0 radical (unpaired) electrons. The first-order valence-corrected chi connectivity index (χ1v) is 14.0. The minimum absolute atomic E-state index is 0.0481. The molecular formula is C26H31N3O4S2. The summed E-state index contributed by atoms with van der Waals surface area (Å²) in [5.41, 5.74) is 2.69. The van der Waals surface area contributed by atoms with Crippen LogP contribution in [0.25, 0.3) is 11.3 Å². The summed E-state index contributed by atoms with van der Waals surface area (Å²) in [6.45, 7) is 9.28. The van der Waals surface area contributed by atoms with Crippen molar-refractivity contribution in [1.29, 1.82) is 0 Å². The summed E-state index contributed by atoms with van der Waals surface area (Å²) in [4.78, 5) is 17.4. The van der Waals surface area contributed by atoms with Crippen molar-refractivity contribution in [2.24, 2.45) is 0 Å². The number of nitrogens with one attached hydrogen (secondary N) is 1. The normalized spacial score (nSPS) is 15.7. The summed E-state index contributed by atoms with van der Waals surface area (Å²) in [5, 5.41) is 5.09. The maximum atomic E-state index is 12.7. The highest BCUT2D eigenvalue weighted by atomic mass is 32.2. The summed E-state index contributed by atoms with van der Waals surface area (Å²) >= 11 is 1.31. The Hall–Kier alpha value is -2.75. The number of carbonyl (C=O) groups is 1. The smallest absolute Gasteiger partial charge is 0.266 e. The van der Waals surface area contributed by atoms with Gasteiger partial charge in [0.1, 0.15) is 5.75 Å². The van der Waals surface area contributed by atoms with Gasteiger partial charge in [0.2, 0.25) is 10.0 Å². The van der Waals surface area contributed by atoms with Crippen LogP contribution in [0.4, 0.5) is 5.13 Å². The SMILES string of the molecule is CC(Oc1ccc(C(C)(C)C)cc1)C(=O)Nc1nc(-c2ccc(S(=O)(=O)N3CCCC3)cc2)cs1. The second kappa shape index (κ2) is 10.1. The molecule has 186 valence electrons. The number of ether oxygens (including phenoxy) is 1. The second-order valence-corrected chi connectivity index (χ2v) is 12.5. The number of benzene rings is 2. The van der Waals surface area contributed by atoms with Gasteiger partial charge in [0.05, 0.1) is 10.6 Å². The fraction of sp³-hybridized carbons (Fsp3) is 0.385. The molecular weight excluding hydrogens is 482 g/mol. The Morgan fingerprint density at radius 2 is 1.69 bits per heavy atom. The van der Waals surface area contributed by atoms with Crippen molar-refractivity contribution in [1.82, 2.24) is 9.29 Å². The van der Waals surface area contributed by atoms with E-state index in [1.807, 2.05) is 29.6 Å². The molecule has 1 atom stereocenters. The number of anilines is 1. The van der Waals surface area contributed by atoms with Gasteiger partial charge in [-0.1, -0.05) is 45.0 Å². The lowest BCUT2D eigenvalue weighted by atomic mass is 9.87. The molecule has 1 fully saturated rings. The molecule has 3 aromatic rings. The summed E-state index contributed by atoms with van der Waals surface area (Å²) in [6.07, 6.45) is 1.10. The fourth-order valence-corrected chi connectivity index (χ4v) is 6.08. The van der Waals surface area contributed by atoms with Crippen LogP contribution in [0.2, 0.25) is 0 Å². The van der Waals surface area contributed by atoms with Crippen LogP contribution in [-0.2, 0) is 20.2 Å². The van der Waals surface area contributed by atoms with E-state index >= 15 is 0 Å². The lowest BCUT2D eigenvalue weighted by Gasteiger charge is -2.20. The number of carbonyl (C=O) groups excluding carboxylic acids is 1. The van der Waals surface area contributed by atoms with Gasteiger partial charge in [-0.3, -0.25) is 10.1 Å². The van der Waals surface area contributed by atoms with E-state index in [4.69, 9.17) is 4.74 Å². The van der Waals surface area contributed by atoms with Crippen molar-refractivity contribution in [2.75, 3.05) is 18.4 Å². The maximum absolute atomic E-state index is 12.7. The van der Waals surface area contributed by atoms with Crippen molar-refractivity contribution in [3.05, 3.63) is 59.5 Å². The van der Waals surface area contributed by atoms with Crippen LogP contribution in [0.1, 0.15) is 46.1 Å². The molecule has 2 aromatic carbocycles. The van der Waals surface area contributed by atoms with Crippen molar-refractivity contribution < 1.29 is 17.9 Å². The van der Waals surface area contributed by atoms with Crippen molar-refractivity contribution in [3.63, 3.8) is 0 Å². The van der Waals surface area contributed by atoms with Gasteiger partial charge in [-0.05, 0) is 55.0 Å². The molecule has 1 unspecified atom stereocenters. The third-order valence-electron chi connectivity index (χ3n) is 5.99. The van der Waals surface area contributed by atoms with Crippen LogP contribution in [0.15, 0.2) is 58.8 Å². The van der Waals surface area contributed by atoms with Gasteiger partial charge in [-0.2, -0.15) is 4.31 Å². The Morgan fingerprint density at radius 3 is 2.29 bits per heavy atom. The number of rotatable bonds is 7. The van der Waals surface area contributed by atoms with Crippen LogP contribution in [-0.4, -0.2) is 42.8 Å². The first-order chi connectivity index (χ1) is 16.5. The molecule has 1 aliphatic heterocycles. The Kier molecular flexibility index (Phi) is 7.30. The molecule has 9 heteroatoms. The third kappa shape index (κ3) is 5.91. The van der Waals surface area contributed by atoms with E-state index < -0.39 is 16.1 Å². The van der Waals surface area contributed by atoms with Crippen LogP contribution >= 0.6 is 11.3 Å². The van der Waals surface area contributed by atoms with Crippen molar-refractivity contribution >= 4 is 32.4 Å². The molecule has 1 N–H and O–H groups in total. The number of amides is 1. The van der Waals surface area contributed by atoms with E-state index in [9.17, 15) is 13.2 Å². The van der Waals surface area contributed by atoms with Crippen molar-refractivity contribution in [2.45, 2.75) is 57.0 Å². The minimum atomic E-state index is -3.45. The van der Waals surface area contributed by atoms with Gasteiger partial charge in [0.15, 0.2) is 11.2 Å². The third-order valence-corrected chi connectivity index (χ3v) is 8.66. The van der Waals surface area contributed by atoms with Crippen molar-refractivity contribution in [3.8, 4) is 17.0 Å². The molecule has 1 aliphatic rings. The van der Waals surface area contributed by atoms with Gasteiger partial charge in [-0.25, -0.2) is 13.4 Å². The minimum Gasteiger partial charge on any atom is -0.481 e. The van der Waals surface area contributed by atoms with Crippen LogP contribution < -0.4 is 10.1 Å². The molecule has 7 nitrogen and oxygen atoms in total. The monoisotopic (exact) mass is 513 g/mol. The second-order valence-electron chi connectivity index (χ2n) is 9.70. The van der Waals surface area contributed by atoms with Crippen LogP contribution in [0, 0.1) is 0 Å². The topological polar surface area (TPSA) is 88.6 Å². The molecule has 0 bridgehead atoms. The first-order valence-electron chi connectivity index (χ1n) is 11.7.